The van der Waals surface area contributed by atoms with Gasteiger partial charge in [-0.25, -0.2) is 13.1 Å². The van der Waals surface area contributed by atoms with Crippen LogP contribution in [-0.2, 0) is 10.0 Å². The van der Waals surface area contributed by atoms with E-state index in [1.165, 1.54) is 0 Å². The van der Waals surface area contributed by atoms with E-state index in [-0.39, 0.29) is 11.4 Å². The molecule has 0 amide bonds. The van der Waals surface area contributed by atoms with Gasteiger partial charge in [-0.15, -0.1) is 0 Å². The highest BCUT2D eigenvalue weighted by Gasteiger charge is 2.13. The zero-order valence-corrected chi connectivity index (χ0v) is 9.26. The van der Waals surface area contributed by atoms with Crippen LogP contribution in [0.3, 0.4) is 0 Å². The van der Waals surface area contributed by atoms with E-state index < -0.39 is 10.0 Å². The van der Waals surface area contributed by atoms with Crippen molar-refractivity contribution < 1.29 is 13.5 Å². The first kappa shape index (κ1) is 12.9. The summed E-state index contributed by atoms with van der Waals surface area (Å²) in [5.41, 5.74) is 0. The molecule has 0 bridgehead atoms. The van der Waals surface area contributed by atoms with Gasteiger partial charge in [-0.1, -0.05) is 0 Å². The number of hydrogen-bond acceptors (Lipinski definition) is 3. The predicted octanol–water partition coefficient (Wildman–Crippen LogP) is 0.475. The summed E-state index contributed by atoms with van der Waals surface area (Å²) in [7, 11) is -3.13. The predicted molar refractivity (Wildman–Crippen MR) is 53.0 cm³/mol. The molecule has 5 heteroatoms. The van der Waals surface area contributed by atoms with Crippen LogP contribution < -0.4 is 4.72 Å². The minimum absolute atomic E-state index is 0.358. The van der Waals surface area contributed by atoms with Gasteiger partial charge >= 0.3 is 0 Å². The van der Waals surface area contributed by atoms with Gasteiger partial charge in [0.1, 0.15) is 0 Å². The molecule has 0 radical (unpaired) electrons. The van der Waals surface area contributed by atoms with Gasteiger partial charge < -0.3 is 5.11 Å². The van der Waals surface area contributed by atoms with E-state index in [4.69, 9.17) is 5.11 Å². The van der Waals surface area contributed by atoms with Gasteiger partial charge in [0, 0.05) is 6.54 Å². The summed E-state index contributed by atoms with van der Waals surface area (Å²) in [5, 5.41) is 8.52. The summed E-state index contributed by atoms with van der Waals surface area (Å²) in [6, 6.07) is 0. The molecule has 0 aromatic rings. The van der Waals surface area contributed by atoms with Gasteiger partial charge in [0.2, 0.25) is 10.0 Å². The lowest BCUT2D eigenvalue weighted by molar-refractivity contribution is 0.182. The molecule has 0 spiro atoms. The molecule has 0 aromatic carbocycles. The van der Waals surface area contributed by atoms with Gasteiger partial charge in [-0.3, -0.25) is 0 Å². The second-order valence-electron chi connectivity index (χ2n) is 3.48. The van der Waals surface area contributed by atoms with Crippen LogP contribution in [0.15, 0.2) is 0 Å². The fraction of sp³-hybridized carbons (Fsp3) is 1.00. The Morgan fingerprint density at radius 2 is 1.85 bits per heavy atom. The van der Waals surface area contributed by atoms with E-state index in [0.717, 1.165) is 0 Å². The fourth-order valence-corrected chi connectivity index (χ4v) is 1.54. The third kappa shape index (κ3) is 6.01. The molecule has 2 N–H and O–H groups in total. The number of hydrogen-bond donors (Lipinski definition) is 2. The Hall–Kier alpha value is -0.130. The molecule has 0 aromatic heterocycles. The molecule has 4 nitrogen and oxygen atoms in total. The molecule has 0 aliphatic heterocycles. The summed E-state index contributed by atoms with van der Waals surface area (Å²) in [5.74, 6) is 0. The highest BCUT2D eigenvalue weighted by Crippen LogP contribution is 1.98. The minimum atomic E-state index is -3.13. The largest absolute Gasteiger partial charge is 0.393 e. The van der Waals surface area contributed by atoms with Crippen molar-refractivity contribution in [3.8, 4) is 0 Å². The molecular formula is C8H19NO3S. The Labute approximate surface area is 80.4 Å². The number of aliphatic hydroxyl groups excluding tert-OH is 1. The average Bonchev–Trinajstić information content (AvgIpc) is 1.97. The van der Waals surface area contributed by atoms with Crippen molar-refractivity contribution >= 4 is 10.0 Å². The SMILES string of the molecule is CC(O)CCCNS(=O)(=O)C(C)C. The van der Waals surface area contributed by atoms with E-state index in [0.29, 0.717) is 19.4 Å². The monoisotopic (exact) mass is 209 g/mol. The van der Waals surface area contributed by atoms with Crippen LogP contribution in [0.25, 0.3) is 0 Å². The van der Waals surface area contributed by atoms with Crippen LogP contribution in [0.5, 0.6) is 0 Å². The highest BCUT2D eigenvalue weighted by molar-refractivity contribution is 7.90. The molecule has 0 aliphatic carbocycles. The van der Waals surface area contributed by atoms with E-state index in [1.54, 1.807) is 20.8 Å². The first-order valence-corrected chi connectivity index (χ1v) is 6.07. The number of nitrogens with one attached hydrogen (secondary N) is 1. The minimum Gasteiger partial charge on any atom is -0.393 e. The first-order valence-electron chi connectivity index (χ1n) is 4.53. The molecule has 13 heavy (non-hydrogen) atoms. The van der Waals surface area contributed by atoms with E-state index in [1.807, 2.05) is 0 Å². The van der Waals surface area contributed by atoms with Crippen molar-refractivity contribution in [2.24, 2.45) is 0 Å². The van der Waals surface area contributed by atoms with Crippen LogP contribution in [0.1, 0.15) is 33.6 Å². The zero-order chi connectivity index (χ0) is 10.5. The van der Waals surface area contributed by atoms with Gasteiger partial charge in [0.15, 0.2) is 0 Å². The lowest BCUT2D eigenvalue weighted by Gasteiger charge is -2.09. The van der Waals surface area contributed by atoms with Gasteiger partial charge in [-0.05, 0) is 33.6 Å². The van der Waals surface area contributed by atoms with Crippen molar-refractivity contribution in [2.75, 3.05) is 6.54 Å². The molecule has 1 atom stereocenters. The Balaban J connectivity index is 3.66. The average molecular weight is 209 g/mol. The number of sulfonamides is 1. The first-order chi connectivity index (χ1) is 5.86. The molecule has 0 aliphatic rings. The summed E-state index contributed by atoms with van der Waals surface area (Å²) < 4.78 is 24.9. The van der Waals surface area contributed by atoms with Crippen molar-refractivity contribution in [3.63, 3.8) is 0 Å². The van der Waals surface area contributed by atoms with Crippen molar-refractivity contribution in [2.45, 2.75) is 45.0 Å². The lowest BCUT2D eigenvalue weighted by atomic mass is 10.2. The van der Waals surface area contributed by atoms with Crippen molar-refractivity contribution in [1.29, 1.82) is 0 Å². The van der Waals surface area contributed by atoms with Gasteiger partial charge in [0.05, 0.1) is 11.4 Å². The Morgan fingerprint density at radius 1 is 1.31 bits per heavy atom. The van der Waals surface area contributed by atoms with E-state index >= 15 is 0 Å². The topological polar surface area (TPSA) is 66.4 Å². The van der Waals surface area contributed by atoms with Crippen molar-refractivity contribution in [3.05, 3.63) is 0 Å². The molecule has 0 heterocycles. The van der Waals surface area contributed by atoms with Crippen LogP contribution in [0.2, 0.25) is 0 Å². The molecule has 80 valence electrons. The molecule has 0 rings (SSSR count). The standard InChI is InChI=1S/C8H19NO3S/c1-7(2)13(11,12)9-6-4-5-8(3)10/h7-10H,4-6H2,1-3H3. The highest BCUT2D eigenvalue weighted by atomic mass is 32.2. The quantitative estimate of drug-likeness (QED) is 0.625. The smallest absolute Gasteiger partial charge is 0.213 e. The summed E-state index contributed by atoms with van der Waals surface area (Å²) in [4.78, 5) is 0. The Morgan fingerprint density at radius 3 is 2.23 bits per heavy atom. The van der Waals surface area contributed by atoms with Gasteiger partial charge in [0.25, 0.3) is 0 Å². The van der Waals surface area contributed by atoms with E-state index in [9.17, 15) is 8.42 Å². The number of rotatable bonds is 6. The molecule has 0 saturated carbocycles. The Bertz CT molecular complexity index is 222. The summed E-state index contributed by atoms with van der Waals surface area (Å²) in [6.07, 6.45) is 0.938. The van der Waals surface area contributed by atoms with E-state index in [2.05, 4.69) is 4.72 Å². The molecular weight excluding hydrogens is 190 g/mol. The summed E-state index contributed by atoms with van der Waals surface area (Å²) >= 11 is 0. The van der Waals surface area contributed by atoms with Crippen LogP contribution in [-0.4, -0.2) is 31.4 Å². The second-order valence-corrected chi connectivity index (χ2v) is 5.80. The Kier molecular flexibility index (Phi) is 5.51. The van der Waals surface area contributed by atoms with Crippen molar-refractivity contribution in [1.82, 2.24) is 4.72 Å². The third-order valence-corrected chi connectivity index (χ3v) is 3.57. The van der Waals surface area contributed by atoms with Crippen LogP contribution in [0.4, 0.5) is 0 Å². The fourth-order valence-electron chi connectivity index (χ4n) is 0.779. The normalized spacial score (nSPS) is 14.8. The maximum atomic E-state index is 11.2. The number of aliphatic hydroxyl groups is 1. The summed E-state index contributed by atoms with van der Waals surface area (Å²) in [6.45, 7) is 5.37. The second kappa shape index (κ2) is 5.57. The maximum absolute atomic E-state index is 11.2. The van der Waals surface area contributed by atoms with Crippen LogP contribution in [0, 0.1) is 0 Å². The molecule has 1 unspecified atom stereocenters. The van der Waals surface area contributed by atoms with Crippen LogP contribution >= 0.6 is 0 Å². The lowest BCUT2D eigenvalue weighted by Crippen LogP contribution is -2.31. The molecule has 0 saturated heterocycles. The maximum Gasteiger partial charge on any atom is 0.213 e. The van der Waals surface area contributed by atoms with Gasteiger partial charge in [-0.2, -0.15) is 0 Å². The zero-order valence-electron chi connectivity index (χ0n) is 8.45. The molecule has 0 fully saturated rings. The third-order valence-electron chi connectivity index (χ3n) is 1.72.